The van der Waals surface area contributed by atoms with E-state index in [9.17, 15) is 14.4 Å². The van der Waals surface area contributed by atoms with Gasteiger partial charge in [0.2, 0.25) is 17.7 Å². The van der Waals surface area contributed by atoms with Gasteiger partial charge in [0, 0.05) is 36.9 Å². The smallest absolute Gasteiger partial charge is 0.229 e. The lowest BCUT2D eigenvalue weighted by Gasteiger charge is -2.41. The van der Waals surface area contributed by atoms with Crippen molar-refractivity contribution >= 4 is 17.7 Å². The van der Waals surface area contributed by atoms with Crippen LogP contribution < -0.4 is 0 Å². The predicted octanol–water partition coefficient (Wildman–Crippen LogP) is 1.07. The number of piperidine rings is 1. The van der Waals surface area contributed by atoms with Crippen LogP contribution in [0.15, 0.2) is 0 Å². The van der Waals surface area contributed by atoms with Crippen LogP contribution >= 0.6 is 0 Å². The lowest BCUT2D eigenvalue weighted by Crippen LogP contribution is -2.54. The van der Waals surface area contributed by atoms with Crippen LogP contribution in [0.25, 0.3) is 0 Å². The molecule has 0 N–H and O–H groups in total. The maximum atomic E-state index is 12.4. The standard InChI is InChI=1S/C15H20N2O3/c18-13-5-6-14(19)17(13)12-7-10-3-4-11(8-12)16(10)15(20)9-1-2-9/h9-12H,1-8H2. The molecule has 3 amide bonds. The molecule has 3 heterocycles. The molecular formula is C15H20N2O3. The number of rotatable bonds is 2. The van der Waals surface area contributed by atoms with Gasteiger partial charge in [0.15, 0.2) is 0 Å². The fourth-order valence-electron chi connectivity index (χ4n) is 4.26. The molecule has 5 nitrogen and oxygen atoms in total. The van der Waals surface area contributed by atoms with E-state index in [1.807, 2.05) is 0 Å². The third kappa shape index (κ3) is 1.79. The molecule has 2 bridgehead atoms. The normalized spacial score (nSPS) is 36.9. The lowest BCUT2D eigenvalue weighted by molar-refractivity contribution is -0.145. The van der Waals surface area contributed by atoms with Gasteiger partial charge in [-0.1, -0.05) is 0 Å². The van der Waals surface area contributed by atoms with Gasteiger partial charge in [0.1, 0.15) is 0 Å². The number of fused-ring (bicyclic) bond motifs is 2. The molecule has 3 aliphatic heterocycles. The molecule has 108 valence electrons. The Morgan fingerprint density at radius 1 is 0.850 bits per heavy atom. The zero-order valence-electron chi connectivity index (χ0n) is 11.6. The van der Waals surface area contributed by atoms with Gasteiger partial charge < -0.3 is 4.90 Å². The number of carbonyl (C=O) groups is 3. The second kappa shape index (κ2) is 4.30. The molecule has 5 heteroatoms. The third-order valence-corrected chi connectivity index (χ3v) is 5.34. The highest BCUT2D eigenvalue weighted by Crippen LogP contribution is 2.42. The van der Waals surface area contributed by atoms with E-state index >= 15 is 0 Å². The molecule has 4 rings (SSSR count). The van der Waals surface area contributed by atoms with Gasteiger partial charge in [-0.25, -0.2) is 0 Å². The second-order valence-electron chi connectivity index (χ2n) is 6.69. The Morgan fingerprint density at radius 2 is 1.40 bits per heavy atom. The summed E-state index contributed by atoms with van der Waals surface area (Å²) in [6, 6.07) is 0.555. The molecule has 0 aromatic rings. The Balaban J connectivity index is 1.51. The van der Waals surface area contributed by atoms with E-state index in [4.69, 9.17) is 0 Å². The third-order valence-electron chi connectivity index (χ3n) is 5.34. The van der Waals surface area contributed by atoms with E-state index in [2.05, 4.69) is 4.90 Å². The summed E-state index contributed by atoms with van der Waals surface area (Å²) in [6.07, 6.45) is 6.50. The average Bonchev–Trinajstić information content (AvgIpc) is 3.17. The Labute approximate surface area is 118 Å². The molecule has 4 fully saturated rings. The van der Waals surface area contributed by atoms with E-state index in [0.717, 1.165) is 38.5 Å². The first-order chi connectivity index (χ1) is 9.65. The largest absolute Gasteiger partial charge is 0.336 e. The number of amides is 3. The number of carbonyl (C=O) groups excluding carboxylic acids is 3. The summed E-state index contributed by atoms with van der Waals surface area (Å²) in [5.74, 6) is 0.572. The Bertz CT molecular complexity index is 456. The maximum absolute atomic E-state index is 12.4. The van der Waals surface area contributed by atoms with E-state index in [1.165, 1.54) is 4.90 Å². The van der Waals surface area contributed by atoms with Crippen LogP contribution in [0, 0.1) is 5.92 Å². The maximum Gasteiger partial charge on any atom is 0.229 e. The van der Waals surface area contributed by atoms with Crippen molar-refractivity contribution in [3.05, 3.63) is 0 Å². The van der Waals surface area contributed by atoms with Gasteiger partial charge in [-0.05, 0) is 38.5 Å². The number of likely N-dealkylation sites (tertiary alicyclic amines) is 1. The summed E-state index contributed by atoms with van der Waals surface area (Å²) in [4.78, 5) is 39.7. The summed E-state index contributed by atoms with van der Waals surface area (Å²) in [7, 11) is 0. The molecule has 0 aromatic carbocycles. The van der Waals surface area contributed by atoms with Crippen molar-refractivity contribution in [3.63, 3.8) is 0 Å². The highest BCUT2D eigenvalue weighted by Gasteiger charge is 2.49. The highest BCUT2D eigenvalue weighted by atomic mass is 16.2. The molecule has 1 saturated carbocycles. The first-order valence-corrected chi connectivity index (χ1v) is 7.82. The molecular weight excluding hydrogens is 256 g/mol. The summed E-state index contributed by atoms with van der Waals surface area (Å²) in [6.45, 7) is 0. The number of imide groups is 1. The van der Waals surface area contributed by atoms with Crippen LogP contribution in [-0.4, -0.2) is 45.6 Å². The Morgan fingerprint density at radius 3 is 1.90 bits per heavy atom. The molecule has 2 unspecified atom stereocenters. The van der Waals surface area contributed by atoms with Crippen molar-refractivity contribution in [1.82, 2.24) is 9.80 Å². The van der Waals surface area contributed by atoms with Crippen molar-refractivity contribution in [2.75, 3.05) is 0 Å². The van der Waals surface area contributed by atoms with Gasteiger partial charge >= 0.3 is 0 Å². The SMILES string of the molecule is O=C1CCC(=O)N1C1CC2CCC(C1)N2C(=O)C1CC1. The minimum atomic E-state index is -0.0126. The molecule has 0 aromatic heterocycles. The van der Waals surface area contributed by atoms with Crippen molar-refractivity contribution in [1.29, 1.82) is 0 Å². The van der Waals surface area contributed by atoms with E-state index in [-0.39, 0.29) is 35.9 Å². The minimum Gasteiger partial charge on any atom is -0.336 e. The molecule has 3 saturated heterocycles. The van der Waals surface area contributed by atoms with Gasteiger partial charge in [0.05, 0.1) is 0 Å². The first-order valence-electron chi connectivity index (χ1n) is 7.82. The van der Waals surface area contributed by atoms with E-state index in [1.54, 1.807) is 0 Å². The fourth-order valence-corrected chi connectivity index (χ4v) is 4.26. The van der Waals surface area contributed by atoms with Crippen LogP contribution in [0.4, 0.5) is 0 Å². The van der Waals surface area contributed by atoms with Crippen LogP contribution in [0.1, 0.15) is 51.4 Å². The molecule has 0 radical (unpaired) electrons. The Kier molecular flexibility index (Phi) is 2.66. The summed E-state index contributed by atoms with van der Waals surface area (Å²) >= 11 is 0. The topological polar surface area (TPSA) is 57.7 Å². The number of hydrogen-bond acceptors (Lipinski definition) is 3. The second-order valence-corrected chi connectivity index (χ2v) is 6.69. The van der Waals surface area contributed by atoms with Gasteiger partial charge in [0.25, 0.3) is 0 Å². The molecule has 1 aliphatic carbocycles. The summed E-state index contributed by atoms with van der Waals surface area (Å²) in [5, 5.41) is 0. The monoisotopic (exact) mass is 276 g/mol. The van der Waals surface area contributed by atoms with Crippen LogP contribution in [0.2, 0.25) is 0 Å². The highest BCUT2D eigenvalue weighted by molar-refractivity contribution is 6.02. The fraction of sp³-hybridized carbons (Fsp3) is 0.800. The van der Waals surface area contributed by atoms with Crippen molar-refractivity contribution < 1.29 is 14.4 Å². The minimum absolute atomic E-state index is 0.0126. The van der Waals surface area contributed by atoms with Crippen molar-refractivity contribution in [3.8, 4) is 0 Å². The van der Waals surface area contributed by atoms with Crippen LogP contribution in [0.3, 0.4) is 0 Å². The quantitative estimate of drug-likeness (QED) is 0.709. The van der Waals surface area contributed by atoms with Crippen molar-refractivity contribution in [2.24, 2.45) is 5.92 Å². The predicted molar refractivity (Wildman–Crippen MR) is 70.5 cm³/mol. The number of hydrogen-bond donors (Lipinski definition) is 0. The van der Waals surface area contributed by atoms with Gasteiger partial charge in [-0.3, -0.25) is 19.3 Å². The number of nitrogens with zero attached hydrogens (tertiary/aromatic N) is 2. The van der Waals surface area contributed by atoms with E-state index in [0.29, 0.717) is 18.7 Å². The zero-order chi connectivity index (χ0) is 13.9. The molecule has 0 spiro atoms. The molecule has 20 heavy (non-hydrogen) atoms. The van der Waals surface area contributed by atoms with Gasteiger partial charge in [-0.2, -0.15) is 0 Å². The average molecular weight is 276 g/mol. The summed E-state index contributed by atoms with van der Waals surface area (Å²) in [5.41, 5.74) is 0. The molecule has 4 aliphatic rings. The Hall–Kier alpha value is -1.39. The van der Waals surface area contributed by atoms with Crippen LogP contribution in [-0.2, 0) is 14.4 Å². The molecule has 2 atom stereocenters. The van der Waals surface area contributed by atoms with E-state index < -0.39 is 0 Å². The van der Waals surface area contributed by atoms with Crippen molar-refractivity contribution in [2.45, 2.75) is 69.5 Å². The van der Waals surface area contributed by atoms with Crippen LogP contribution in [0.5, 0.6) is 0 Å². The zero-order valence-corrected chi connectivity index (χ0v) is 11.6. The van der Waals surface area contributed by atoms with Gasteiger partial charge in [-0.15, -0.1) is 0 Å². The first kappa shape index (κ1) is 12.4. The lowest BCUT2D eigenvalue weighted by atomic mass is 9.95. The summed E-state index contributed by atoms with van der Waals surface area (Å²) < 4.78 is 0.